The largest absolute Gasteiger partial charge is 0.496 e. The molecule has 0 saturated carbocycles. The van der Waals surface area contributed by atoms with E-state index in [1.807, 2.05) is 6.92 Å². The number of rotatable bonds is 6. The molecule has 21 heavy (non-hydrogen) atoms. The minimum absolute atomic E-state index is 0.187. The van der Waals surface area contributed by atoms with Gasteiger partial charge in [-0.3, -0.25) is 5.32 Å². The molecule has 0 radical (unpaired) electrons. The van der Waals surface area contributed by atoms with Crippen molar-refractivity contribution in [2.75, 3.05) is 25.6 Å². The first-order chi connectivity index (χ1) is 10.0. The number of amides is 1. The van der Waals surface area contributed by atoms with E-state index in [1.165, 1.54) is 19.2 Å². The molecule has 1 N–H and O–H groups in total. The molecule has 0 aromatic heterocycles. The maximum Gasteiger partial charge on any atom is 0.411 e. The van der Waals surface area contributed by atoms with Crippen LogP contribution in [0.25, 0.3) is 0 Å². The highest BCUT2D eigenvalue weighted by Gasteiger charge is 2.18. The van der Waals surface area contributed by atoms with Gasteiger partial charge in [-0.25, -0.2) is 9.59 Å². The Labute approximate surface area is 128 Å². The zero-order chi connectivity index (χ0) is 15.8. The van der Waals surface area contributed by atoms with E-state index in [4.69, 9.17) is 25.8 Å². The van der Waals surface area contributed by atoms with Gasteiger partial charge in [-0.1, -0.05) is 18.5 Å². The molecule has 0 unspecified atom stereocenters. The van der Waals surface area contributed by atoms with Gasteiger partial charge in [0.1, 0.15) is 11.3 Å². The smallest absolute Gasteiger partial charge is 0.411 e. The maximum atomic E-state index is 11.8. The topological polar surface area (TPSA) is 73.9 Å². The number of anilines is 1. The predicted molar refractivity (Wildman–Crippen MR) is 79.2 cm³/mol. The van der Waals surface area contributed by atoms with Crippen LogP contribution < -0.4 is 10.1 Å². The summed E-state index contributed by atoms with van der Waals surface area (Å²) in [6, 6.07) is 2.83. The highest BCUT2D eigenvalue weighted by Crippen LogP contribution is 2.31. The summed E-state index contributed by atoms with van der Waals surface area (Å²) in [6.07, 6.45) is 0.0939. The van der Waals surface area contributed by atoms with Crippen molar-refractivity contribution in [3.05, 3.63) is 22.7 Å². The number of benzene rings is 1. The van der Waals surface area contributed by atoms with E-state index in [1.54, 1.807) is 6.92 Å². The van der Waals surface area contributed by atoms with Crippen LogP contribution in [0.3, 0.4) is 0 Å². The lowest BCUT2D eigenvalue weighted by Gasteiger charge is -2.13. The number of carbonyl (C=O) groups excluding carboxylic acids is 2. The lowest BCUT2D eigenvalue weighted by Crippen LogP contribution is -2.15. The van der Waals surface area contributed by atoms with Crippen LogP contribution in [0.15, 0.2) is 12.1 Å². The fourth-order valence-corrected chi connectivity index (χ4v) is 1.74. The summed E-state index contributed by atoms with van der Waals surface area (Å²) >= 11 is 6.05. The molecule has 1 amide bonds. The van der Waals surface area contributed by atoms with Gasteiger partial charge in [-0.2, -0.15) is 0 Å². The Morgan fingerprint density at radius 3 is 2.52 bits per heavy atom. The second kappa shape index (κ2) is 8.36. The molecule has 0 heterocycles. The third-order valence-electron chi connectivity index (χ3n) is 2.46. The maximum absolute atomic E-state index is 11.8. The molecular weight excluding hydrogens is 298 g/mol. The van der Waals surface area contributed by atoms with Crippen LogP contribution in [-0.2, 0) is 9.47 Å². The monoisotopic (exact) mass is 315 g/mol. The van der Waals surface area contributed by atoms with Gasteiger partial charge >= 0.3 is 12.1 Å². The molecule has 0 aliphatic carbocycles. The molecule has 0 fully saturated rings. The average Bonchev–Trinajstić information content (AvgIpc) is 2.47. The van der Waals surface area contributed by atoms with E-state index in [-0.39, 0.29) is 22.9 Å². The molecule has 0 atom stereocenters. The van der Waals surface area contributed by atoms with Gasteiger partial charge in [0.15, 0.2) is 0 Å². The molecule has 6 nitrogen and oxygen atoms in total. The van der Waals surface area contributed by atoms with Gasteiger partial charge in [0.05, 0.1) is 31.0 Å². The lowest BCUT2D eigenvalue weighted by atomic mass is 10.2. The molecule has 1 aromatic rings. The zero-order valence-electron chi connectivity index (χ0n) is 12.2. The van der Waals surface area contributed by atoms with Crippen molar-refractivity contribution in [3.8, 4) is 5.75 Å². The van der Waals surface area contributed by atoms with E-state index < -0.39 is 12.1 Å². The van der Waals surface area contributed by atoms with Crippen LogP contribution in [0.5, 0.6) is 5.75 Å². The SMILES string of the molecule is CCCOC(=O)Nc1cc(OC)c(C(=O)OCC)cc1Cl. The van der Waals surface area contributed by atoms with Gasteiger partial charge in [-0.15, -0.1) is 0 Å². The highest BCUT2D eigenvalue weighted by molar-refractivity contribution is 6.34. The van der Waals surface area contributed by atoms with Gasteiger partial charge in [0.25, 0.3) is 0 Å². The standard InChI is InChI=1S/C14H18ClNO5/c1-4-6-21-14(18)16-11-8-12(19-3)9(7-10(11)15)13(17)20-5-2/h7-8H,4-6H2,1-3H3,(H,16,18). The molecule has 0 aliphatic heterocycles. The second-order valence-corrected chi connectivity index (χ2v) is 4.42. The van der Waals surface area contributed by atoms with Gasteiger partial charge < -0.3 is 14.2 Å². The number of methoxy groups -OCH3 is 1. The Bertz CT molecular complexity index is 518. The molecule has 116 valence electrons. The predicted octanol–water partition coefficient (Wildman–Crippen LogP) is 3.48. The van der Waals surface area contributed by atoms with E-state index in [9.17, 15) is 9.59 Å². The van der Waals surface area contributed by atoms with Crippen molar-refractivity contribution in [1.29, 1.82) is 0 Å². The molecule has 1 aromatic carbocycles. The summed E-state index contributed by atoms with van der Waals surface area (Å²) in [4.78, 5) is 23.3. The van der Waals surface area contributed by atoms with Crippen molar-refractivity contribution in [3.63, 3.8) is 0 Å². The molecule has 0 aliphatic rings. The Balaban J connectivity index is 2.98. The highest BCUT2D eigenvalue weighted by atomic mass is 35.5. The van der Waals surface area contributed by atoms with Crippen molar-refractivity contribution in [2.24, 2.45) is 0 Å². The summed E-state index contributed by atoms with van der Waals surface area (Å²) in [5.74, 6) is -0.292. The van der Waals surface area contributed by atoms with Crippen LogP contribution >= 0.6 is 11.6 Å². The average molecular weight is 316 g/mol. The van der Waals surface area contributed by atoms with Crippen LogP contribution in [0.2, 0.25) is 5.02 Å². The minimum Gasteiger partial charge on any atom is -0.496 e. The van der Waals surface area contributed by atoms with Gasteiger partial charge in [0.2, 0.25) is 0 Å². The number of nitrogens with one attached hydrogen (secondary N) is 1. The third-order valence-corrected chi connectivity index (χ3v) is 2.77. The third kappa shape index (κ3) is 4.82. The first-order valence-corrected chi connectivity index (χ1v) is 6.89. The summed E-state index contributed by atoms with van der Waals surface area (Å²) in [5.41, 5.74) is 0.486. The number of hydrogen-bond donors (Lipinski definition) is 1. The second-order valence-electron chi connectivity index (χ2n) is 4.01. The number of ether oxygens (including phenoxy) is 3. The van der Waals surface area contributed by atoms with E-state index in [2.05, 4.69) is 5.32 Å². The van der Waals surface area contributed by atoms with Crippen LogP contribution in [0.4, 0.5) is 10.5 Å². The first kappa shape index (κ1) is 17.1. The molecule has 7 heteroatoms. The molecule has 0 spiro atoms. The summed E-state index contributed by atoms with van der Waals surface area (Å²) in [6.45, 7) is 4.13. The lowest BCUT2D eigenvalue weighted by molar-refractivity contribution is 0.0522. The summed E-state index contributed by atoms with van der Waals surface area (Å²) in [7, 11) is 1.41. The van der Waals surface area contributed by atoms with E-state index >= 15 is 0 Å². The number of esters is 1. The molecule has 0 saturated heterocycles. The number of hydrogen-bond acceptors (Lipinski definition) is 5. The van der Waals surface area contributed by atoms with E-state index in [0.29, 0.717) is 18.7 Å². The Kier molecular flexibility index (Phi) is 6.81. The van der Waals surface area contributed by atoms with Crippen molar-refractivity contribution < 1.29 is 23.8 Å². The minimum atomic E-state index is -0.621. The zero-order valence-corrected chi connectivity index (χ0v) is 13.0. The fourth-order valence-electron chi connectivity index (χ4n) is 1.53. The molecular formula is C14H18ClNO5. The summed E-state index contributed by atoms with van der Waals surface area (Å²) in [5, 5.41) is 2.68. The van der Waals surface area contributed by atoms with Crippen LogP contribution in [-0.4, -0.2) is 32.4 Å². The number of carbonyl (C=O) groups is 2. The first-order valence-electron chi connectivity index (χ1n) is 6.51. The Morgan fingerprint density at radius 2 is 1.95 bits per heavy atom. The normalized spacial score (nSPS) is 9.90. The van der Waals surface area contributed by atoms with Crippen LogP contribution in [0, 0.1) is 0 Å². The van der Waals surface area contributed by atoms with Gasteiger partial charge in [0, 0.05) is 6.07 Å². The van der Waals surface area contributed by atoms with Crippen molar-refractivity contribution >= 4 is 29.4 Å². The molecule has 1 rings (SSSR count). The quantitative estimate of drug-likeness (QED) is 0.813. The molecule has 0 bridgehead atoms. The number of halogens is 1. The Morgan fingerprint density at radius 1 is 1.24 bits per heavy atom. The summed E-state index contributed by atoms with van der Waals surface area (Å²) < 4.78 is 14.9. The van der Waals surface area contributed by atoms with Crippen molar-refractivity contribution in [2.45, 2.75) is 20.3 Å². The van der Waals surface area contributed by atoms with E-state index in [0.717, 1.165) is 0 Å². The van der Waals surface area contributed by atoms with Crippen LogP contribution in [0.1, 0.15) is 30.6 Å². The Hall–Kier alpha value is -1.95. The fraction of sp³-hybridized carbons (Fsp3) is 0.429. The van der Waals surface area contributed by atoms with Crippen molar-refractivity contribution in [1.82, 2.24) is 0 Å². The van der Waals surface area contributed by atoms with Gasteiger partial charge in [-0.05, 0) is 19.4 Å².